The van der Waals surface area contributed by atoms with Gasteiger partial charge in [-0.25, -0.2) is 0 Å². The maximum Gasteiger partial charge on any atom is 0.132 e. The Kier molecular flexibility index (Phi) is 9.56. The van der Waals surface area contributed by atoms with Crippen LogP contribution in [0.4, 0.5) is 0 Å². The first-order valence-corrected chi connectivity index (χ1v) is 19.1. The maximum absolute atomic E-state index is 6.60. The molecule has 5 N–H and O–H groups in total. The van der Waals surface area contributed by atoms with Crippen LogP contribution >= 0.6 is 0 Å². The monoisotopic (exact) mass is 726 g/mol. The Labute approximate surface area is 328 Å². The number of rotatable bonds is 10. The van der Waals surface area contributed by atoms with E-state index < -0.39 is 5.41 Å². The molecular formula is C51H42N4O. The van der Waals surface area contributed by atoms with Gasteiger partial charge in [0, 0.05) is 23.9 Å². The van der Waals surface area contributed by atoms with E-state index in [4.69, 9.17) is 21.2 Å². The number of allylic oxidation sites excluding steroid dienone is 2. The van der Waals surface area contributed by atoms with Gasteiger partial charge in [-0.1, -0.05) is 158 Å². The van der Waals surface area contributed by atoms with E-state index in [2.05, 4.69) is 133 Å². The molecule has 2 atom stereocenters. The second-order valence-corrected chi connectivity index (χ2v) is 14.2. The predicted molar refractivity (Wildman–Crippen MR) is 230 cm³/mol. The Hall–Kier alpha value is -6.63. The van der Waals surface area contributed by atoms with Gasteiger partial charge in [0.1, 0.15) is 17.7 Å². The number of hydrogen-bond donors (Lipinski definition) is 3. The summed E-state index contributed by atoms with van der Waals surface area (Å²) in [6.07, 6.45) is 7.77. The molecule has 5 heteroatoms. The van der Waals surface area contributed by atoms with E-state index >= 15 is 0 Å². The van der Waals surface area contributed by atoms with E-state index in [1.807, 2.05) is 73.0 Å². The molecule has 9 rings (SSSR count). The van der Waals surface area contributed by atoms with Gasteiger partial charge in [-0.2, -0.15) is 0 Å². The molecule has 0 fully saturated rings. The highest BCUT2D eigenvalue weighted by Gasteiger charge is 2.49. The van der Waals surface area contributed by atoms with Gasteiger partial charge in [-0.3, -0.25) is 10.3 Å². The molecule has 0 bridgehead atoms. The molecule has 0 saturated carbocycles. The summed E-state index contributed by atoms with van der Waals surface area (Å²) >= 11 is 0. The number of fused-ring (bicyclic) bond motifs is 6. The lowest BCUT2D eigenvalue weighted by Crippen LogP contribution is -2.32. The average Bonchev–Trinajstić information content (AvgIpc) is 3.58. The second-order valence-electron chi connectivity index (χ2n) is 14.2. The van der Waals surface area contributed by atoms with Gasteiger partial charge in [-0.05, 0) is 92.1 Å². The van der Waals surface area contributed by atoms with E-state index in [9.17, 15) is 0 Å². The Morgan fingerprint density at radius 2 is 1.18 bits per heavy atom. The van der Waals surface area contributed by atoms with Crippen molar-refractivity contribution < 1.29 is 4.74 Å². The lowest BCUT2D eigenvalue weighted by atomic mass is 9.65. The van der Waals surface area contributed by atoms with Gasteiger partial charge >= 0.3 is 0 Å². The topological polar surface area (TPSA) is 85.7 Å². The van der Waals surface area contributed by atoms with Gasteiger partial charge in [0.15, 0.2) is 0 Å². The third kappa shape index (κ3) is 6.48. The van der Waals surface area contributed by atoms with Crippen molar-refractivity contribution in [1.82, 2.24) is 5.32 Å². The van der Waals surface area contributed by atoms with E-state index in [1.54, 1.807) is 0 Å². The van der Waals surface area contributed by atoms with Gasteiger partial charge in [0.25, 0.3) is 0 Å². The molecule has 1 aliphatic carbocycles. The zero-order valence-corrected chi connectivity index (χ0v) is 30.9. The van der Waals surface area contributed by atoms with Crippen molar-refractivity contribution in [2.24, 2.45) is 16.5 Å². The Balaban J connectivity index is 1.06. The number of ether oxygens (including phenoxy) is 1. The number of nitrogens with zero attached hydrogens (tertiary/aromatic N) is 1. The number of nitrogens with one attached hydrogen (secondary N) is 1. The average molecular weight is 727 g/mol. The van der Waals surface area contributed by atoms with Crippen molar-refractivity contribution in [1.29, 1.82) is 0 Å². The van der Waals surface area contributed by atoms with Gasteiger partial charge in [-0.15, -0.1) is 0 Å². The molecule has 0 aromatic heterocycles. The predicted octanol–water partition coefficient (Wildman–Crippen LogP) is 10.7. The van der Waals surface area contributed by atoms with Crippen LogP contribution in [0, 0.1) is 0 Å². The van der Waals surface area contributed by atoms with Crippen molar-refractivity contribution in [2.75, 3.05) is 6.54 Å². The van der Waals surface area contributed by atoms with Crippen LogP contribution in [0.5, 0.6) is 11.5 Å². The van der Waals surface area contributed by atoms with Crippen LogP contribution in [0.1, 0.15) is 51.3 Å². The van der Waals surface area contributed by atoms with E-state index in [1.165, 1.54) is 16.7 Å². The minimum atomic E-state index is -0.550. The molecule has 2 aliphatic rings. The smallest absolute Gasteiger partial charge is 0.132 e. The van der Waals surface area contributed by atoms with Gasteiger partial charge in [0.2, 0.25) is 0 Å². The van der Waals surface area contributed by atoms with Crippen molar-refractivity contribution in [2.45, 2.75) is 17.7 Å². The second kappa shape index (κ2) is 15.2. The van der Waals surface area contributed by atoms with Crippen LogP contribution < -0.4 is 21.5 Å². The molecule has 1 spiro atoms. The maximum atomic E-state index is 6.60. The molecule has 7 aromatic carbocycles. The Bertz CT molecular complexity index is 2560. The summed E-state index contributed by atoms with van der Waals surface area (Å²) in [4.78, 5) is 5.02. The SMILES string of the molecule is NC/C=C\C1=Cc2ccc(-c3cccc(-c4cccc(C=NC(NC(N)c5ccccc5)c5ccccc5)c4)c3)cc2C12c1ccccc1Oc1ccccc12. The molecule has 0 radical (unpaired) electrons. The summed E-state index contributed by atoms with van der Waals surface area (Å²) in [5, 5.41) is 3.51. The van der Waals surface area contributed by atoms with Crippen LogP contribution in [-0.4, -0.2) is 12.8 Å². The Morgan fingerprint density at radius 1 is 0.589 bits per heavy atom. The number of hydrogen-bond acceptors (Lipinski definition) is 5. The molecule has 5 nitrogen and oxygen atoms in total. The first kappa shape index (κ1) is 35.1. The summed E-state index contributed by atoms with van der Waals surface area (Å²) in [7, 11) is 0. The molecule has 0 amide bonds. The van der Waals surface area contributed by atoms with Gasteiger partial charge < -0.3 is 16.2 Å². The fourth-order valence-electron chi connectivity index (χ4n) is 8.21. The van der Waals surface area contributed by atoms with E-state index in [0.717, 1.165) is 61.6 Å². The first-order valence-electron chi connectivity index (χ1n) is 19.1. The zero-order valence-electron chi connectivity index (χ0n) is 30.9. The molecular weight excluding hydrogens is 685 g/mol. The molecule has 56 heavy (non-hydrogen) atoms. The number of nitrogens with two attached hydrogens (primary N) is 2. The molecule has 1 aliphatic heterocycles. The Morgan fingerprint density at radius 3 is 1.86 bits per heavy atom. The zero-order chi connectivity index (χ0) is 37.9. The van der Waals surface area contributed by atoms with E-state index in [0.29, 0.717) is 6.54 Å². The van der Waals surface area contributed by atoms with Crippen LogP contribution in [0.25, 0.3) is 28.3 Å². The quantitative estimate of drug-likeness (QED) is 0.0968. The van der Waals surface area contributed by atoms with Crippen LogP contribution in [0.2, 0.25) is 0 Å². The third-order valence-electron chi connectivity index (χ3n) is 10.8. The normalized spacial score (nSPS) is 14.9. The first-order chi connectivity index (χ1) is 27.6. The molecule has 1 heterocycles. The lowest BCUT2D eigenvalue weighted by molar-refractivity contribution is 0.436. The standard InChI is InChI=1S/C51H42N4O/c52-29-13-22-43-32-42-28-27-41(33-46(42)51(43)44-23-7-9-25-47(44)56-48-26-10-8-24-45(48)51)40-21-12-20-39(31-40)38-19-11-14-35(30-38)34-54-50(37-17-5-2-6-18-37)55-49(53)36-15-3-1-4-16-36/h1-28,30-34,49-50,55H,29,52-53H2/b22-13-,54-34?. The highest BCUT2D eigenvalue weighted by Crippen LogP contribution is 2.59. The van der Waals surface area contributed by atoms with Crippen LogP contribution in [0.3, 0.4) is 0 Å². The largest absolute Gasteiger partial charge is 0.457 e. The fourth-order valence-corrected chi connectivity index (χ4v) is 8.21. The van der Waals surface area contributed by atoms with Crippen LogP contribution in [-0.2, 0) is 5.41 Å². The molecule has 2 unspecified atom stereocenters. The summed E-state index contributed by atoms with van der Waals surface area (Å²) in [6, 6.07) is 61.2. The van der Waals surface area contributed by atoms with Crippen molar-refractivity contribution in [3.05, 3.63) is 233 Å². The van der Waals surface area contributed by atoms with Crippen molar-refractivity contribution >= 4 is 12.3 Å². The number of para-hydroxylation sites is 2. The third-order valence-corrected chi connectivity index (χ3v) is 10.8. The highest BCUT2D eigenvalue weighted by atomic mass is 16.5. The summed E-state index contributed by atoms with van der Waals surface area (Å²) < 4.78 is 6.51. The van der Waals surface area contributed by atoms with Crippen molar-refractivity contribution in [3.63, 3.8) is 0 Å². The highest BCUT2D eigenvalue weighted by molar-refractivity contribution is 5.86. The summed E-state index contributed by atoms with van der Waals surface area (Å²) in [5.41, 5.74) is 25.5. The van der Waals surface area contributed by atoms with Crippen LogP contribution in [0.15, 0.2) is 199 Å². The number of aliphatic imine (C=N–C) groups is 1. The van der Waals surface area contributed by atoms with Crippen molar-refractivity contribution in [3.8, 4) is 33.8 Å². The lowest BCUT2D eigenvalue weighted by Gasteiger charge is -2.40. The van der Waals surface area contributed by atoms with E-state index in [-0.39, 0.29) is 12.3 Å². The minimum absolute atomic E-state index is 0.322. The minimum Gasteiger partial charge on any atom is -0.457 e. The summed E-state index contributed by atoms with van der Waals surface area (Å²) in [6.45, 7) is 0.460. The molecule has 272 valence electrons. The summed E-state index contributed by atoms with van der Waals surface area (Å²) in [5.74, 6) is 1.73. The van der Waals surface area contributed by atoms with Gasteiger partial charge in [0.05, 0.1) is 11.6 Å². The molecule has 0 saturated heterocycles. The molecule has 7 aromatic rings. The number of benzene rings is 7. The fraction of sp³-hybridized carbons (Fsp3) is 0.0784.